The maximum Gasteiger partial charge on any atom is 0.403 e. The highest BCUT2D eigenvalue weighted by Gasteiger charge is 2.37. The first-order chi connectivity index (χ1) is 15.7. The fourth-order valence-corrected chi connectivity index (χ4v) is 5.07. The second-order valence-electron chi connectivity index (χ2n) is 9.17. The van der Waals surface area contributed by atoms with Gasteiger partial charge in [-0.05, 0) is 49.6 Å². The largest absolute Gasteiger partial charge is 0.403 e. The fraction of sp³-hybridized carbons (Fsp3) is 0.667. The highest BCUT2D eigenvalue weighted by molar-refractivity contribution is 5.52. The zero-order valence-electron chi connectivity index (χ0n) is 20.2. The zero-order chi connectivity index (χ0) is 22.4. The van der Waals surface area contributed by atoms with Crippen molar-refractivity contribution in [1.82, 2.24) is 14.7 Å². The molecule has 0 atom stereocenters. The second-order valence-corrected chi connectivity index (χ2v) is 9.17. The maximum atomic E-state index is 4.48. The molecule has 1 aromatic heterocycles. The third-order valence-corrected chi connectivity index (χ3v) is 7.15. The van der Waals surface area contributed by atoms with Crippen molar-refractivity contribution >= 4 is 17.3 Å². The number of piperazine rings is 3. The first-order valence-corrected chi connectivity index (χ1v) is 12.5. The topological polar surface area (TPSA) is 52.9 Å². The molecule has 0 spiro atoms. The number of anilines is 1. The second kappa shape index (κ2) is 10.5. The van der Waals surface area contributed by atoms with E-state index in [9.17, 15) is 0 Å². The summed E-state index contributed by atoms with van der Waals surface area (Å²) >= 11 is 0. The summed E-state index contributed by atoms with van der Waals surface area (Å²) in [7, 11) is 0. The van der Waals surface area contributed by atoms with Crippen molar-refractivity contribution in [3.63, 3.8) is 0 Å². The minimum atomic E-state index is 0.782. The van der Waals surface area contributed by atoms with E-state index in [2.05, 4.69) is 70.2 Å². The van der Waals surface area contributed by atoms with Gasteiger partial charge in [-0.2, -0.15) is 0 Å². The van der Waals surface area contributed by atoms with Gasteiger partial charge < -0.3 is 9.38 Å². The smallest absolute Gasteiger partial charge is 0.371 e. The summed E-state index contributed by atoms with van der Waals surface area (Å²) < 4.78 is 5.24. The number of quaternary nitrogens is 1. The summed E-state index contributed by atoms with van der Waals surface area (Å²) in [4.78, 5) is 5.16. The predicted molar refractivity (Wildman–Crippen MR) is 128 cm³/mol. The molecule has 4 heterocycles. The molecule has 0 N–H and O–H groups in total. The molecule has 2 bridgehead atoms. The van der Waals surface area contributed by atoms with E-state index in [1.165, 1.54) is 62.4 Å². The molecule has 3 saturated heterocycles. The molecule has 3 fully saturated rings. The van der Waals surface area contributed by atoms with Gasteiger partial charge in [0.2, 0.25) is 6.33 Å². The summed E-state index contributed by atoms with van der Waals surface area (Å²) in [6.45, 7) is 19.5. The summed E-state index contributed by atoms with van der Waals surface area (Å²) in [6.07, 6.45) is 4.24. The molecule has 32 heavy (non-hydrogen) atoms. The summed E-state index contributed by atoms with van der Waals surface area (Å²) in [5.41, 5.74) is 2.16. The Hall–Kier alpha value is -2.32. The standard InChI is InChI=1S/C24H40N8/c1-4-12-30(13-7-17-32-18-14-28(15-19-32)16-20-32)23-10-8-22(9-11-23)26-27-24-29(5-2)21-25-31(24)6-3/h8-11,21H,4-7,12-20H2,1-3H3/q+2. The number of benzene rings is 1. The maximum absolute atomic E-state index is 4.48. The molecule has 0 aliphatic carbocycles. The first-order valence-electron chi connectivity index (χ1n) is 12.5. The summed E-state index contributed by atoms with van der Waals surface area (Å²) in [5, 5.41) is 13.3. The van der Waals surface area contributed by atoms with Crippen LogP contribution < -0.4 is 9.47 Å². The number of hydrogen-bond acceptors (Lipinski definition) is 5. The van der Waals surface area contributed by atoms with Crippen LogP contribution >= 0.6 is 0 Å². The Labute approximate surface area is 192 Å². The predicted octanol–water partition coefficient (Wildman–Crippen LogP) is 3.38. The van der Waals surface area contributed by atoms with Gasteiger partial charge >= 0.3 is 5.95 Å². The third kappa shape index (κ3) is 5.18. The van der Waals surface area contributed by atoms with Gasteiger partial charge in [0.05, 0.1) is 45.0 Å². The van der Waals surface area contributed by atoms with Crippen molar-refractivity contribution < 1.29 is 9.05 Å². The Morgan fingerprint density at radius 3 is 2.34 bits per heavy atom. The van der Waals surface area contributed by atoms with Crippen LogP contribution in [0.4, 0.5) is 17.3 Å². The van der Waals surface area contributed by atoms with Crippen LogP contribution in [-0.2, 0) is 13.1 Å². The van der Waals surface area contributed by atoms with Gasteiger partial charge in [-0.3, -0.25) is 4.90 Å². The van der Waals surface area contributed by atoms with E-state index in [1.54, 1.807) is 0 Å². The van der Waals surface area contributed by atoms with Crippen molar-refractivity contribution in [1.29, 1.82) is 0 Å². The van der Waals surface area contributed by atoms with Gasteiger partial charge in [-0.25, -0.2) is 4.57 Å². The Balaban J connectivity index is 1.37. The lowest BCUT2D eigenvalue weighted by Gasteiger charge is -2.50. The van der Waals surface area contributed by atoms with Crippen LogP contribution in [0.2, 0.25) is 0 Å². The minimum absolute atomic E-state index is 0.782. The fourth-order valence-electron chi connectivity index (χ4n) is 5.07. The molecular weight excluding hydrogens is 400 g/mol. The quantitative estimate of drug-likeness (QED) is 0.306. The van der Waals surface area contributed by atoms with E-state index in [0.717, 1.165) is 44.2 Å². The van der Waals surface area contributed by atoms with E-state index in [0.29, 0.717) is 0 Å². The Morgan fingerprint density at radius 2 is 1.72 bits per heavy atom. The van der Waals surface area contributed by atoms with Crippen LogP contribution in [0, 0.1) is 0 Å². The molecule has 0 saturated carbocycles. The molecule has 2 aromatic rings. The lowest BCUT2D eigenvalue weighted by atomic mass is 10.1. The van der Waals surface area contributed by atoms with Crippen molar-refractivity contribution in [2.24, 2.45) is 10.2 Å². The van der Waals surface area contributed by atoms with E-state index in [1.807, 2.05) is 15.6 Å². The SMILES string of the molecule is CCCN(CCC[N+]12CCN(CC1)CC2)c1ccc(N=Nc2n(CC)nc[n+]2CC)cc1. The highest BCUT2D eigenvalue weighted by Crippen LogP contribution is 2.23. The van der Waals surface area contributed by atoms with Crippen LogP contribution in [0.5, 0.6) is 0 Å². The average Bonchev–Trinajstić information content (AvgIpc) is 3.25. The Bertz CT molecular complexity index is 845. The molecule has 0 unspecified atom stereocenters. The highest BCUT2D eigenvalue weighted by atomic mass is 15.5. The van der Waals surface area contributed by atoms with E-state index < -0.39 is 0 Å². The molecule has 0 radical (unpaired) electrons. The molecule has 3 aliphatic rings. The van der Waals surface area contributed by atoms with Crippen LogP contribution in [0.3, 0.4) is 0 Å². The number of aromatic nitrogens is 3. The van der Waals surface area contributed by atoms with Gasteiger partial charge in [0.25, 0.3) is 0 Å². The number of rotatable bonds is 11. The first kappa shape index (κ1) is 22.9. The van der Waals surface area contributed by atoms with Gasteiger partial charge in [0.15, 0.2) is 0 Å². The zero-order valence-corrected chi connectivity index (χ0v) is 20.2. The Kier molecular flexibility index (Phi) is 7.52. The minimum Gasteiger partial charge on any atom is -0.371 e. The molecule has 174 valence electrons. The van der Waals surface area contributed by atoms with Crippen molar-refractivity contribution in [2.45, 2.75) is 46.7 Å². The van der Waals surface area contributed by atoms with Gasteiger partial charge in [0, 0.05) is 49.9 Å². The summed E-state index contributed by atoms with van der Waals surface area (Å²) in [6, 6.07) is 8.55. The van der Waals surface area contributed by atoms with E-state index in [4.69, 9.17) is 0 Å². The number of fused-ring (bicyclic) bond motifs is 3. The molecule has 1 aromatic carbocycles. The number of nitrogens with zero attached hydrogens (tertiary/aromatic N) is 8. The van der Waals surface area contributed by atoms with Crippen LogP contribution in [0.25, 0.3) is 0 Å². The molecule has 8 heteroatoms. The molecular formula is C24H40N8+2. The average molecular weight is 441 g/mol. The van der Waals surface area contributed by atoms with Crippen molar-refractivity contribution in [2.75, 3.05) is 63.8 Å². The molecule has 0 amide bonds. The third-order valence-electron chi connectivity index (χ3n) is 7.15. The van der Waals surface area contributed by atoms with Crippen molar-refractivity contribution in [3.05, 3.63) is 30.6 Å². The monoisotopic (exact) mass is 440 g/mol. The van der Waals surface area contributed by atoms with Gasteiger partial charge in [-0.15, -0.1) is 4.68 Å². The van der Waals surface area contributed by atoms with Gasteiger partial charge in [0.1, 0.15) is 0 Å². The molecule has 5 rings (SSSR count). The van der Waals surface area contributed by atoms with Gasteiger partial charge in [-0.1, -0.05) is 12.0 Å². The van der Waals surface area contributed by atoms with Crippen LogP contribution in [0.15, 0.2) is 40.8 Å². The van der Waals surface area contributed by atoms with Crippen LogP contribution in [-0.4, -0.2) is 78.1 Å². The molecule has 8 nitrogen and oxygen atoms in total. The lowest BCUT2D eigenvalue weighted by Crippen LogP contribution is -2.67. The number of azo groups is 1. The summed E-state index contributed by atoms with van der Waals surface area (Å²) in [5.74, 6) is 0.790. The lowest BCUT2D eigenvalue weighted by molar-refractivity contribution is -0.941. The van der Waals surface area contributed by atoms with Crippen molar-refractivity contribution in [3.8, 4) is 0 Å². The van der Waals surface area contributed by atoms with E-state index >= 15 is 0 Å². The molecule has 3 aliphatic heterocycles. The number of hydrogen-bond donors (Lipinski definition) is 0. The van der Waals surface area contributed by atoms with Crippen LogP contribution in [0.1, 0.15) is 33.6 Å². The normalized spacial score (nSPS) is 22.7. The Morgan fingerprint density at radius 1 is 1.00 bits per heavy atom. The van der Waals surface area contributed by atoms with E-state index in [-0.39, 0.29) is 0 Å². The number of aryl methyl sites for hydroxylation is 2.